The number of hydrogen-bond acceptors (Lipinski definition) is 3. The Bertz CT molecular complexity index is 715. The van der Waals surface area contributed by atoms with Crippen molar-refractivity contribution in [2.45, 2.75) is 25.7 Å². The number of halogens is 1. The molecule has 28 heavy (non-hydrogen) atoms. The molecule has 1 saturated heterocycles. The molecular formula is C23H32ClN3O. The van der Waals surface area contributed by atoms with Crippen LogP contribution in [0.15, 0.2) is 54.6 Å². The van der Waals surface area contributed by atoms with Crippen molar-refractivity contribution in [3.8, 4) is 0 Å². The largest absolute Gasteiger partial charge is 0.325 e. The highest BCUT2D eigenvalue weighted by Gasteiger charge is 2.20. The van der Waals surface area contributed by atoms with Gasteiger partial charge in [0.25, 0.3) is 0 Å². The molecule has 1 heterocycles. The minimum absolute atomic E-state index is 0. The summed E-state index contributed by atoms with van der Waals surface area (Å²) in [6, 6.07) is 18.5. The fourth-order valence-corrected chi connectivity index (χ4v) is 3.79. The Morgan fingerprint density at radius 2 is 1.71 bits per heavy atom. The molecule has 0 aliphatic carbocycles. The first-order chi connectivity index (χ1) is 13.2. The number of para-hydroxylation sites is 1. The van der Waals surface area contributed by atoms with Gasteiger partial charge < -0.3 is 10.6 Å². The van der Waals surface area contributed by atoms with Crippen molar-refractivity contribution in [2.75, 3.05) is 38.5 Å². The standard InChI is InChI=1S/C23H31N3O.ClH/c1-24-14-11-19-12-15-26(16-13-19)18-23(27)25-22-10-6-5-9-21(22)17-20-7-3-2-4-8-20;/h2-10,19,24H,11-18H2,1H3,(H,25,27);1H. The minimum atomic E-state index is 0. The Labute approximate surface area is 175 Å². The van der Waals surface area contributed by atoms with Crippen LogP contribution in [0.25, 0.3) is 0 Å². The van der Waals surface area contributed by atoms with Crippen LogP contribution in [0.1, 0.15) is 30.4 Å². The predicted octanol–water partition coefficient (Wildman–Crippen LogP) is 3.96. The van der Waals surface area contributed by atoms with Gasteiger partial charge in [-0.05, 0) is 75.5 Å². The SMILES string of the molecule is CNCCC1CCN(CC(=O)Nc2ccccc2Cc2ccccc2)CC1.Cl. The first-order valence-corrected chi connectivity index (χ1v) is 10.0. The Hall–Kier alpha value is -1.88. The number of likely N-dealkylation sites (tertiary alicyclic amines) is 1. The molecule has 4 nitrogen and oxygen atoms in total. The fourth-order valence-electron chi connectivity index (χ4n) is 3.79. The summed E-state index contributed by atoms with van der Waals surface area (Å²) >= 11 is 0. The highest BCUT2D eigenvalue weighted by atomic mass is 35.5. The number of hydrogen-bond donors (Lipinski definition) is 2. The number of piperidine rings is 1. The van der Waals surface area contributed by atoms with Gasteiger partial charge in [-0.2, -0.15) is 0 Å². The van der Waals surface area contributed by atoms with Gasteiger partial charge in [0.05, 0.1) is 6.54 Å². The topological polar surface area (TPSA) is 44.4 Å². The van der Waals surface area contributed by atoms with Gasteiger partial charge in [-0.3, -0.25) is 9.69 Å². The lowest BCUT2D eigenvalue weighted by atomic mass is 9.93. The quantitative estimate of drug-likeness (QED) is 0.703. The van der Waals surface area contributed by atoms with Crippen LogP contribution in [0.2, 0.25) is 0 Å². The fraction of sp³-hybridized carbons (Fsp3) is 0.435. The van der Waals surface area contributed by atoms with E-state index in [0.717, 1.165) is 43.2 Å². The van der Waals surface area contributed by atoms with E-state index < -0.39 is 0 Å². The third-order valence-electron chi connectivity index (χ3n) is 5.41. The summed E-state index contributed by atoms with van der Waals surface area (Å²) < 4.78 is 0. The molecule has 0 bridgehead atoms. The van der Waals surface area contributed by atoms with Gasteiger partial charge in [-0.25, -0.2) is 0 Å². The zero-order chi connectivity index (χ0) is 18.9. The number of amides is 1. The monoisotopic (exact) mass is 401 g/mol. The number of carbonyl (C=O) groups is 1. The molecule has 2 aromatic carbocycles. The second kappa shape index (κ2) is 11.8. The zero-order valence-electron chi connectivity index (χ0n) is 16.7. The molecule has 5 heteroatoms. The average Bonchev–Trinajstić information content (AvgIpc) is 2.70. The second-order valence-electron chi connectivity index (χ2n) is 7.48. The molecule has 2 N–H and O–H groups in total. The molecule has 1 fully saturated rings. The Morgan fingerprint density at radius 3 is 2.43 bits per heavy atom. The van der Waals surface area contributed by atoms with E-state index in [1.807, 2.05) is 31.3 Å². The third kappa shape index (κ3) is 6.93. The summed E-state index contributed by atoms with van der Waals surface area (Å²) in [7, 11) is 2.01. The highest BCUT2D eigenvalue weighted by Crippen LogP contribution is 2.21. The van der Waals surface area contributed by atoms with Crippen molar-refractivity contribution in [2.24, 2.45) is 5.92 Å². The van der Waals surface area contributed by atoms with E-state index in [1.165, 1.54) is 24.8 Å². The first kappa shape index (κ1) is 22.4. The van der Waals surface area contributed by atoms with Crippen LogP contribution < -0.4 is 10.6 Å². The summed E-state index contributed by atoms with van der Waals surface area (Å²) in [5, 5.41) is 6.36. The second-order valence-corrected chi connectivity index (χ2v) is 7.48. The van der Waals surface area contributed by atoms with Crippen LogP contribution in [0.5, 0.6) is 0 Å². The molecule has 3 rings (SSSR count). The Kier molecular flexibility index (Phi) is 9.48. The van der Waals surface area contributed by atoms with E-state index in [-0.39, 0.29) is 18.3 Å². The lowest BCUT2D eigenvalue weighted by Crippen LogP contribution is -2.39. The molecule has 2 aromatic rings. The first-order valence-electron chi connectivity index (χ1n) is 10.0. The number of anilines is 1. The molecule has 1 amide bonds. The van der Waals surface area contributed by atoms with Gasteiger partial charge in [-0.15, -0.1) is 12.4 Å². The van der Waals surface area contributed by atoms with Crippen LogP contribution >= 0.6 is 12.4 Å². The van der Waals surface area contributed by atoms with E-state index in [0.29, 0.717) is 6.54 Å². The molecule has 0 radical (unpaired) electrons. The minimum Gasteiger partial charge on any atom is -0.325 e. The summed E-state index contributed by atoms with van der Waals surface area (Å²) in [6.45, 7) is 3.61. The number of rotatable bonds is 8. The van der Waals surface area contributed by atoms with Gasteiger partial charge >= 0.3 is 0 Å². The summed E-state index contributed by atoms with van der Waals surface area (Å²) in [5.74, 6) is 0.882. The van der Waals surface area contributed by atoms with Crippen molar-refractivity contribution in [1.29, 1.82) is 0 Å². The maximum atomic E-state index is 12.6. The molecule has 0 atom stereocenters. The van der Waals surface area contributed by atoms with E-state index in [2.05, 4.69) is 45.9 Å². The van der Waals surface area contributed by atoms with Crippen LogP contribution in [-0.2, 0) is 11.2 Å². The third-order valence-corrected chi connectivity index (χ3v) is 5.41. The normalized spacial score (nSPS) is 15.0. The molecule has 1 aliphatic heterocycles. The highest BCUT2D eigenvalue weighted by molar-refractivity contribution is 5.93. The Balaban J connectivity index is 0.00000280. The maximum Gasteiger partial charge on any atom is 0.238 e. The Morgan fingerprint density at radius 1 is 1.04 bits per heavy atom. The summed E-state index contributed by atoms with van der Waals surface area (Å²) in [5.41, 5.74) is 3.33. The van der Waals surface area contributed by atoms with Crippen molar-refractivity contribution in [1.82, 2.24) is 10.2 Å². The van der Waals surface area contributed by atoms with Crippen molar-refractivity contribution >= 4 is 24.0 Å². The predicted molar refractivity (Wildman–Crippen MR) is 119 cm³/mol. The van der Waals surface area contributed by atoms with Gasteiger partial charge in [-0.1, -0.05) is 48.5 Å². The van der Waals surface area contributed by atoms with Crippen LogP contribution in [0.3, 0.4) is 0 Å². The van der Waals surface area contributed by atoms with E-state index in [4.69, 9.17) is 0 Å². The number of nitrogens with one attached hydrogen (secondary N) is 2. The molecule has 0 aromatic heterocycles. The van der Waals surface area contributed by atoms with E-state index in [9.17, 15) is 4.79 Å². The van der Waals surface area contributed by atoms with Gasteiger partial charge in [0, 0.05) is 5.69 Å². The maximum absolute atomic E-state index is 12.6. The zero-order valence-corrected chi connectivity index (χ0v) is 17.5. The summed E-state index contributed by atoms with van der Waals surface area (Å²) in [6.07, 6.45) is 4.46. The van der Waals surface area contributed by atoms with Crippen LogP contribution in [0, 0.1) is 5.92 Å². The average molecular weight is 402 g/mol. The smallest absolute Gasteiger partial charge is 0.238 e. The van der Waals surface area contributed by atoms with E-state index in [1.54, 1.807) is 0 Å². The molecule has 0 unspecified atom stereocenters. The molecule has 0 spiro atoms. The molecule has 0 saturated carbocycles. The van der Waals surface area contributed by atoms with Crippen molar-refractivity contribution < 1.29 is 4.79 Å². The van der Waals surface area contributed by atoms with Crippen molar-refractivity contribution in [3.05, 3.63) is 65.7 Å². The van der Waals surface area contributed by atoms with Gasteiger partial charge in [0.1, 0.15) is 0 Å². The number of carbonyl (C=O) groups excluding carboxylic acids is 1. The summed E-state index contributed by atoms with van der Waals surface area (Å²) in [4.78, 5) is 14.9. The van der Waals surface area contributed by atoms with Crippen LogP contribution in [-0.4, -0.2) is 44.0 Å². The lowest BCUT2D eigenvalue weighted by molar-refractivity contribution is -0.117. The number of nitrogens with zero attached hydrogens (tertiary/aromatic N) is 1. The lowest BCUT2D eigenvalue weighted by Gasteiger charge is -2.31. The van der Waals surface area contributed by atoms with Gasteiger partial charge in [0.2, 0.25) is 5.91 Å². The number of benzene rings is 2. The van der Waals surface area contributed by atoms with E-state index >= 15 is 0 Å². The van der Waals surface area contributed by atoms with Crippen LogP contribution in [0.4, 0.5) is 5.69 Å². The molecule has 152 valence electrons. The molecular weight excluding hydrogens is 370 g/mol. The van der Waals surface area contributed by atoms with Gasteiger partial charge in [0.15, 0.2) is 0 Å². The molecule has 1 aliphatic rings. The van der Waals surface area contributed by atoms with Crippen molar-refractivity contribution in [3.63, 3.8) is 0 Å².